The predicted octanol–water partition coefficient (Wildman–Crippen LogP) is 5.41. The molecule has 2 aromatic heterocycles. The van der Waals surface area contributed by atoms with Crippen LogP contribution in [0.4, 0.5) is 17.3 Å². The number of rotatable bonds is 8. The maximum Gasteiger partial charge on any atom is 0.303 e. The van der Waals surface area contributed by atoms with Gasteiger partial charge >= 0.3 is 5.97 Å². The van der Waals surface area contributed by atoms with Gasteiger partial charge in [-0.25, -0.2) is 9.97 Å². The van der Waals surface area contributed by atoms with Gasteiger partial charge in [0.05, 0.1) is 47.1 Å². The van der Waals surface area contributed by atoms with Crippen molar-refractivity contribution in [3.05, 3.63) is 84.3 Å². The molecule has 3 N–H and O–H groups in total. The minimum Gasteiger partial charge on any atom is -0.481 e. The number of hydrogen-bond acceptors (Lipinski definition) is 6. The van der Waals surface area contributed by atoms with Crippen LogP contribution in [0, 0.1) is 0 Å². The van der Waals surface area contributed by atoms with Gasteiger partial charge in [-0.3, -0.25) is 14.6 Å². The van der Waals surface area contributed by atoms with E-state index in [2.05, 4.69) is 25.6 Å². The molecule has 0 saturated heterocycles. The van der Waals surface area contributed by atoms with Crippen molar-refractivity contribution < 1.29 is 14.7 Å². The molecular weight excluding hydrogens is 454 g/mol. The van der Waals surface area contributed by atoms with Gasteiger partial charge in [0.2, 0.25) is 11.9 Å². The largest absolute Gasteiger partial charge is 0.481 e. The Bertz CT molecular complexity index is 1330. The first kappa shape index (κ1) is 22.9. The Balaban J connectivity index is 1.53. The Morgan fingerprint density at radius 3 is 2.38 bits per heavy atom. The quantitative estimate of drug-likeness (QED) is 0.313. The minimum absolute atomic E-state index is 0.126. The number of anilines is 3. The van der Waals surface area contributed by atoms with Gasteiger partial charge < -0.3 is 15.7 Å². The fourth-order valence-corrected chi connectivity index (χ4v) is 3.46. The summed E-state index contributed by atoms with van der Waals surface area (Å²) in [5, 5.41) is 14.8. The molecule has 34 heavy (non-hydrogen) atoms. The van der Waals surface area contributed by atoms with Crippen LogP contribution in [0.5, 0.6) is 0 Å². The maximum atomic E-state index is 11.9. The summed E-state index contributed by atoms with van der Waals surface area (Å²) in [6, 6.07) is 19.6. The Hall–Kier alpha value is -4.30. The molecule has 8 nitrogen and oxygen atoms in total. The van der Waals surface area contributed by atoms with E-state index in [0.717, 1.165) is 16.7 Å². The third-order valence-electron chi connectivity index (χ3n) is 4.83. The van der Waals surface area contributed by atoms with Gasteiger partial charge in [-0.1, -0.05) is 60.1 Å². The van der Waals surface area contributed by atoms with Crippen LogP contribution in [0.25, 0.3) is 22.4 Å². The Kier molecular flexibility index (Phi) is 7.10. The molecule has 0 saturated carbocycles. The number of carbonyl (C=O) groups is 2. The Labute approximate surface area is 200 Å². The van der Waals surface area contributed by atoms with Crippen LogP contribution in [0.15, 0.2) is 79.3 Å². The lowest BCUT2D eigenvalue weighted by molar-refractivity contribution is -0.138. The highest BCUT2D eigenvalue weighted by Crippen LogP contribution is 2.30. The van der Waals surface area contributed by atoms with E-state index >= 15 is 0 Å². The lowest BCUT2D eigenvalue weighted by atomic mass is 10.0. The van der Waals surface area contributed by atoms with Gasteiger partial charge in [-0.2, -0.15) is 0 Å². The number of carboxylic acids is 1. The normalized spacial score (nSPS) is 10.5. The van der Waals surface area contributed by atoms with Crippen LogP contribution >= 0.6 is 11.6 Å². The lowest BCUT2D eigenvalue weighted by Crippen LogP contribution is -2.13. The van der Waals surface area contributed by atoms with Crippen molar-refractivity contribution in [3.63, 3.8) is 0 Å². The van der Waals surface area contributed by atoms with Crippen LogP contribution in [-0.4, -0.2) is 31.9 Å². The molecule has 0 spiro atoms. The second-order valence-electron chi connectivity index (χ2n) is 7.37. The SMILES string of the molecule is O=C(O)CCC(=O)Nc1cncc(Nc2ncc(Cl)c(-c3cccc(-c4ccccc4)c3)n2)c1. The fourth-order valence-electron chi connectivity index (χ4n) is 3.26. The summed E-state index contributed by atoms with van der Waals surface area (Å²) in [7, 11) is 0. The van der Waals surface area contributed by atoms with Crippen molar-refractivity contribution in [1.82, 2.24) is 15.0 Å². The minimum atomic E-state index is -1.03. The highest BCUT2D eigenvalue weighted by molar-refractivity contribution is 6.32. The highest BCUT2D eigenvalue weighted by atomic mass is 35.5. The molecule has 4 aromatic rings. The summed E-state index contributed by atoms with van der Waals surface area (Å²) in [5.41, 5.74) is 4.50. The van der Waals surface area contributed by atoms with Gasteiger partial charge in [-0.05, 0) is 23.3 Å². The van der Waals surface area contributed by atoms with Crippen LogP contribution in [0.3, 0.4) is 0 Å². The highest BCUT2D eigenvalue weighted by Gasteiger charge is 2.11. The lowest BCUT2D eigenvalue weighted by Gasteiger charge is -2.11. The topological polar surface area (TPSA) is 117 Å². The number of aromatic nitrogens is 3. The van der Waals surface area contributed by atoms with Crippen molar-refractivity contribution >= 4 is 40.8 Å². The van der Waals surface area contributed by atoms with Gasteiger partial charge in [0, 0.05) is 12.0 Å². The number of halogens is 1. The van der Waals surface area contributed by atoms with E-state index in [4.69, 9.17) is 16.7 Å². The molecule has 0 radical (unpaired) electrons. The third-order valence-corrected chi connectivity index (χ3v) is 5.11. The molecule has 0 fully saturated rings. The van der Waals surface area contributed by atoms with Crippen LogP contribution in [-0.2, 0) is 9.59 Å². The van der Waals surface area contributed by atoms with Crippen molar-refractivity contribution in [2.45, 2.75) is 12.8 Å². The predicted molar refractivity (Wildman–Crippen MR) is 131 cm³/mol. The molecule has 0 aliphatic rings. The van der Waals surface area contributed by atoms with Crippen LogP contribution in [0.1, 0.15) is 12.8 Å². The Morgan fingerprint density at radius 2 is 1.59 bits per heavy atom. The molecule has 0 bridgehead atoms. The van der Waals surface area contributed by atoms with Crippen LogP contribution in [0.2, 0.25) is 5.02 Å². The molecule has 9 heteroatoms. The first-order valence-corrected chi connectivity index (χ1v) is 10.8. The monoisotopic (exact) mass is 473 g/mol. The smallest absolute Gasteiger partial charge is 0.303 e. The van der Waals surface area contributed by atoms with E-state index in [-0.39, 0.29) is 12.8 Å². The number of hydrogen-bond donors (Lipinski definition) is 3. The molecular formula is C25H20ClN5O3. The number of nitrogens with zero attached hydrogens (tertiary/aromatic N) is 3. The van der Waals surface area contributed by atoms with Gasteiger partial charge in [0.25, 0.3) is 0 Å². The summed E-state index contributed by atoms with van der Waals surface area (Å²) >= 11 is 6.41. The van der Waals surface area contributed by atoms with Gasteiger partial charge in [0.15, 0.2) is 0 Å². The van der Waals surface area contributed by atoms with Crippen molar-refractivity contribution in [2.75, 3.05) is 10.6 Å². The summed E-state index contributed by atoms with van der Waals surface area (Å²) in [6.45, 7) is 0. The first-order valence-electron chi connectivity index (χ1n) is 10.4. The number of carbonyl (C=O) groups excluding carboxylic acids is 1. The summed E-state index contributed by atoms with van der Waals surface area (Å²) in [6.07, 6.45) is 4.17. The summed E-state index contributed by atoms with van der Waals surface area (Å²) in [4.78, 5) is 35.4. The molecule has 2 heterocycles. The summed E-state index contributed by atoms with van der Waals surface area (Å²) in [5.74, 6) is -1.14. The number of amides is 1. The number of carboxylic acid groups (broad SMARTS) is 1. The number of pyridine rings is 1. The second kappa shape index (κ2) is 10.5. The molecule has 2 aromatic carbocycles. The molecule has 0 atom stereocenters. The first-order chi connectivity index (χ1) is 16.5. The molecule has 170 valence electrons. The van der Waals surface area contributed by atoms with Gasteiger partial charge in [0.1, 0.15) is 0 Å². The third kappa shape index (κ3) is 5.93. The second-order valence-corrected chi connectivity index (χ2v) is 7.77. The van der Waals surface area contributed by atoms with E-state index < -0.39 is 11.9 Å². The average molecular weight is 474 g/mol. The number of benzene rings is 2. The zero-order valence-electron chi connectivity index (χ0n) is 17.9. The Morgan fingerprint density at radius 1 is 0.853 bits per heavy atom. The van der Waals surface area contributed by atoms with Crippen molar-refractivity contribution in [1.29, 1.82) is 0 Å². The average Bonchev–Trinajstić information content (AvgIpc) is 2.85. The number of nitrogens with one attached hydrogen (secondary N) is 2. The zero-order chi connectivity index (χ0) is 23.9. The van der Waals surface area contributed by atoms with E-state index in [1.54, 1.807) is 12.3 Å². The number of aliphatic carboxylic acids is 1. The van der Waals surface area contributed by atoms with Crippen LogP contribution < -0.4 is 10.6 Å². The van der Waals surface area contributed by atoms with Crippen molar-refractivity contribution in [2.24, 2.45) is 0 Å². The van der Waals surface area contributed by atoms with E-state index in [9.17, 15) is 9.59 Å². The fraction of sp³-hybridized carbons (Fsp3) is 0.0800. The molecule has 4 rings (SSSR count). The zero-order valence-corrected chi connectivity index (χ0v) is 18.7. The molecule has 0 aliphatic heterocycles. The van der Waals surface area contributed by atoms with E-state index in [0.29, 0.717) is 28.0 Å². The molecule has 0 aliphatic carbocycles. The van der Waals surface area contributed by atoms with Gasteiger partial charge in [-0.15, -0.1) is 0 Å². The standard InChI is InChI=1S/C25H20ClN5O3/c26-21-15-28-25(30-20-12-19(13-27-14-20)29-22(32)9-10-23(33)34)31-24(21)18-8-4-7-17(11-18)16-5-2-1-3-6-16/h1-8,11-15H,9-10H2,(H,29,32)(H,33,34)(H,28,30,31). The summed E-state index contributed by atoms with van der Waals surface area (Å²) < 4.78 is 0. The van der Waals surface area contributed by atoms with E-state index in [1.807, 2.05) is 54.6 Å². The molecule has 0 unspecified atom stereocenters. The van der Waals surface area contributed by atoms with Crippen molar-refractivity contribution in [3.8, 4) is 22.4 Å². The maximum absolute atomic E-state index is 11.9. The van der Waals surface area contributed by atoms with E-state index in [1.165, 1.54) is 12.4 Å². The molecule has 1 amide bonds.